The average Bonchev–Trinajstić information content (AvgIpc) is 2.98. The van der Waals surface area contributed by atoms with E-state index in [4.69, 9.17) is 4.74 Å². The van der Waals surface area contributed by atoms with Gasteiger partial charge in [0.2, 0.25) is 0 Å². The van der Waals surface area contributed by atoms with Crippen LogP contribution in [0.1, 0.15) is 31.8 Å². The summed E-state index contributed by atoms with van der Waals surface area (Å²) >= 11 is 1.73. The Labute approximate surface area is 168 Å². The Kier molecular flexibility index (Phi) is 5.17. The zero-order valence-electron chi connectivity index (χ0n) is 15.4. The second-order valence-electron chi connectivity index (χ2n) is 6.53. The number of imide groups is 1. The number of hydrogen-bond donors (Lipinski definition) is 0. The standard InChI is InChI=1S/C23H19NO3S/c1-27-18-9-11-19(12-10-18)28-15-17-6-4-5-16(13-17)14-24-22(25)20-7-2-3-8-21(20)23(24)26/h2-13H,14-15H2,1H3. The molecule has 1 aliphatic rings. The fraction of sp³-hybridized carbons (Fsp3) is 0.130. The van der Waals surface area contributed by atoms with Gasteiger partial charge in [-0.3, -0.25) is 14.5 Å². The van der Waals surface area contributed by atoms with Crippen LogP contribution < -0.4 is 4.74 Å². The molecule has 0 unspecified atom stereocenters. The quantitative estimate of drug-likeness (QED) is 0.449. The summed E-state index contributed by atoms with van der Waals surface area (Å²) in [5.74, 6) is 1.20. The number of nitrogens with zero attached hydrogens (tertiary/aromatic N) is 1. The first-order valence-corrected chi connectivity index (χ1v) is 9.94. The average molecular weight is 389 g/mol. The van der Waals surface area contributed by atoms with Crippen molar-refractivity contribution in [2.45, 2.75) is 17.2 Å². The van der Waals surface area contributed by atoms with Crippen LogP contribution >= 0.6 is 11.8 Å². The molecule has 0 bridgehead atoms. The van der Waals surface area contributed by atoms with E-state index in [1.165, 1.54) is 4.90 Å². The molecule has 4 rings (SSSR count). The Balaban J connectivity index is 1.44. The molecule has 0 aliphatic carbocycles. The van der Waals surface area contributed by atoms with E-state index in [9.17, 15) is 9.59 Å². The topological polar surface area (TPSA) is 46.6 Å². The smallest absolute Gasteiger partial charge is 0.261 e. The molecule has 5 heteroatoms. The van der Waals surface area contributed by atoms with Gasteiger partial charge in [-0.1, -0.05) is 36.4 Å². The fourth-order valence-electron chi connectivity index (χ4n) is 3.22. The van der Waals surface area contributed by atoms with Crippen LogP contribution in [0.4, 0.5) is 0 Å². The molecule has 1 heterocycles. The van der Waals surface area contributed by atoms with Crippen molar-refractivity contribution in [1.82, 2.24) is 4.90 Å². The van der Waals surface area contributed by atoms with Crippen LogP contribution in [0.5, 0.6) is 5.75 Å². The maximum Gasteiger partial charge on any atom is 0.261 e. The fourth-order valence-corrected chi connectivity index (χ4v) is 4.06. The van der Waals surface area contributed by atoms with Gasteiger partial charge in [-0.2, -0.15) is 0 Å². The lowest BCUT2D eigenvalue weighted by Crippen LogP contribution is -2.29. The number of benzene rings is 3. The lowest BCUT2D eigenvalue weighted by molar-refractivity contribution is 0.0642. The maximum absolute atomic E-state index is 12.6. The predicted octanol–water partition coefficient (Wildman–Crippen LogP) is 4.78. The molecule has 0 saturated carbocycles. The lowest BCUT2D eigenvalue weighted by Gasteiger charge is -2.14. The summed E-state index contributed by atoms with van der Waals surface area (Å²) < 4.78 is 5.18. The third kappa shape index (κ3) is 3.66. The molecule has 0 radical (unpaired) electrons. The Morgan fingerprint density at radius 3 is 2.11 bits per heavy atom. The van der Waals surface area contributed by atoms with Crippen LogP contribution in [0.2, 0.25) is 0 Å². The van der Waals surface area contributed by atoms with Crippen LogP contribution in [0.25, 0.3) is 0 Å². The first kappa shape index (κ1) is 18.3. The van der Waals surface area contributed by atoms with Crippen molar-refractivity contribution in [2.24, 2.45) is 0 Å². The van der Waals surface area contributed by atoms with Crippen molar-refractivity contribution in [1.29, 1.82) is 0 Å². The van der Waals surface area contributed by atoms with Gasteiger partial charge in [0.25, 0.3) is 11.8 Å². The van der Waals surface area contributed by atoms with Gasteiger partial charge in [-0.25, -0.2) is 0 Å². The highest BCUT2D eigenvalue weighted by Crippen LogP contribution is 2.27. The molecule has 28 heavy (non-hydrogen) atoms. The monoisotopic (exact) mass is 389 g/mol. The zero-order chi connectivity index (χ0) is 19.5. The molecule has 0 N–H and O–H groups in total. The molecule has 4 nitrogen and oxygen atoms in total. The van der Waals surface area contributed by atoms with Crippen LogP contribution in [-0.2, 0) is 12.3 Å². The van der Waals surface area contributed by atoms with Gasteiger partial charge in [-0.05, 0) is 47.5 Å². The van der Waals surface area contributed by atoms with Crippen LogP contribution in [0.3, 0.4) is 0 Å². The summed E-state index contributed by atoms with van der Waals surface area (Å²) in [5.41, 5.74) is 3.06. The minimum Gasteiger partial charge on any atom is -0.497 e. The Morgan fingerprint density at radius 1 is 0.821 bits per heavy atom. The zero-order valence-corrected chi connectivity index (χ0v) is 16.2. The van der Waals surface area contributed by atoms with Gasteiger partial charge in [0.05, 0.1) is 24.8 Å². The molecular formula is C23H19NO3S. The van der Waals surface area contributed by atoms with Gasteiger partial charge in [-0.15, -0.1) is 11.8 Å². The lowest BCUT2D eigenvalue weighted by atomic mass is 10.1. The summed E-state index contributed by atoms with van der Waals surface area (Å²) in [4.78, 5) is 27.6. The maximum atomic E-state index is 12.6. The molecule has 140 valence electrons. The van der Waals surface area contributed by atoms with E-state index >= 15 is 0 Å². The number of carbonyl (C=O) groups excluding carboxylic acids is 2. The molecule has 2 amide bonds. The minimum atomic E-state index is -0.224. The van der Waals surface area contributed by atoms with Crippen molar-refractivity contribution in [3.8, 4) is 5.75 Å². The van der Waals surface area contributed by atoms with Crippen LogP contribution in [-0.4, -0.2) is 23.8 Å². The molecule has 0 aromatic heterocycles. The Morgan fingerprint density at radius 2 is 1.46 bits per heavy atom. The van der Waals surface area contributed by atoms with Gasteiger partial charge in [0.1, 0.15) is 5.75 Å². The van der Waals surface area contributed by atoms with E-state index in [1.807, 2.05) is 36.4 Å². The molecule has 0 saturated heterocycles. The second kappa shape index (κ2) is 7.90. The van der Waals surface area contributed by atoms with E-state index in [1.54, 1.807) is 43.1 Å². The first-order valence-electron chi connectivity index (χ1n) is 8.95. The van der Waals surface area contributed by atoms with Crippen LogP contribution in [0.15, 0.2) is 77.7 Å². The molecule has 0 spiro atoms. The van der Waals surface area contributed by atoms with E-state index in [2.05, 4.69) is 12.1 Å². The van der Waals surface area contributed by atoms with E-state index in [0.717, 1.165) is 27.5 Å². The van der Waals surface area contributed by atoms with Gasteiger partial charge < -0.3 is 4.74 Å². The number of amides is 2. The van der Waals surface area contributed by atoms with Crippen molar-refractivity contribution in [3.05, 3.63) is 95.1 Å². The van der Waals surface area contributed by atoms with Crippen molar-refractivity contribution >= 4 is 23.6 Å². The third-order valence-corrected chi connectivity index (χ3v) is 5.76. The van der Waals surface area contributed by atoms with Gasteiger partial charge in [0, 0.05) is 10.6 Å². The largest absolute Gasteiger partial charge is 0.497 e. The number of hydrogen-bond acceptors (Lipinski definition) is 4. The minimum absolute atomic E-state index is 0.224. The summed E-state index contributed by atoms with van der Waals surface area (Å²) in [6.07, 6.45) is 0. The number of ether oxygens (including phenoxy) is 1. The summed E-state index contributed by atoms with van der Waals surface area (Å²) in [5, 5.41) is 0. The predicted molar refractivity (Wildman–Crippen MR) is 110 cm³/mol. The number of rotatable bonds is 6. The van der Waals surface area contributed by atoms with Crippen molar-refractivity contribution in [3.63, 3.8) is 0 Å². The van der Waals surface area contributed by atoms with Crippen molar-refractivity contribution < 1.29 is 14.3 Å². The highest BCUT2D eigenvalue weighted by atomic mass is 32.2. The highest BCUT2D eigenvalue weighted by molar-refractivity contribution is 7.98. The molecule has 3 aromatic carbocycles. The number of thioether (sulfide) groups is 1. The summed E-state index contributed by atoms with van der Waals surface area (Å²) in [6, 6.07) is 23.0. The SMILES string of the molecule is COc1ccc(SCc2cccc(CN3C(=O)c4ccccc4C3=O)c2)cc1. The Bertz CT molecular complexity index is 995. The van der Waals surface area contributed by atoms with E-state index in [-0.39, 0.29) is 18.4 Å². The van der Waals surface area contributed by atoms with Gasteiger partial charge >= 0.3 is 0 Å². The highest BCUT2D eigenvalue weighted by Gasteiger charge is 2.34. The second-order valence-corrected chi connectivity index (χ2v) is 7.57. The number of carbonyl (C=O) groups is 2. The molecule has 0 atom stereocenters. The normalized spacial score (nSPS) is 13.0. The number of methoxy groups -OCH3 is 1. The van der Waals surface area contributed by atoms with Crippen LogP contribution in [0, 0.1) is 0 Å². The van der Waals surface area contributed by atoms with Gasteiger partial charge in [0.15, 0.2) is 0 Å². The number of fused-ring (bicyclic) bond motifs is 1. The van der Waals surface area contributed by atoms with E-state index in [0.29, 0.717) is 11.1 Å². The molecule has 3 aromatic rings. The molecule has 1 aliphatic heterocycles. The van der Waals surface area contributed by atoms with E-state index < -0.39 is 0 Å². The Hall–Kier alpha value is -3.05. The molecule has 0 fully saturated rings. The third-order valence-electron chi connectivity index (χ3n) is 4.68. The summed E-state index contributed by atoms with van der Waals surface area (Å²) in [7, 11) is 1.65. The molecular weight excluding hydrogens is 370 g/mol. The first-order chi connectivity index (χ1) is 13.7. The summed E-state index contributed by atoms with van der Waals surface area (Å²) in [6.45, 7) is 0.285. The van der Waals surface area contributed by atoms with Crippen molar-refractivity contribution in [2.75, 3.05) is 7.11 Å².